The highest BCUT2D eigenvalue weighted by Crippen LogP contribution is 2.27. The lowest BCUT2D eigenvalue weighted by molar-refractivity contribution is -0.128. The molecule has 0 saturated carbocycles. The number of aldehydes is 2. The largest absolute Gasteiger partial charge is 0.302 e. The monoisotopic (exact) mass is 167 g/mol. The molecular weight excluding hydrogens is 154 g/mol. The van der Waals surface area contributed by atoms with Crippen molar-refractivity contribution in [2.75, 3.05) is 0 Å². The fraction of sp³-hybridized carbons (Fsp3) is 0.667. The van der Waals surface area contributed by atoms with E-state index in [9.17, 15) is 9.59 Å². The molecule has 66 valence electrons. The zero-order chi connectivity index (χ0) is 9.61. The molecule has 0 radical (unpaired) electrons. The van der Waals surface area contributed by atoms with Crippen LogP contribution in [0.25, 0.3) is 0 Å². The Balaban J connectivity index is 4.56. The lowest BCUT2D eigenvalue weighted by Gasteiger charge is -2.24. The molecule has 0 saturated heterocycles. The van der Waals surface area contributed by atoms with Gasteiger partial charge in [-0.3, -0.25) is 0 Å². The molecular formula is C9H13NO2. The van der Waals surface area contributed by atoms with Crippen molar-refractivity contribution in [3.05, 3.63) is 0 Å². The summed E-state index contributed by atoms with van der Waals surface area (Å²) in [5, 5.41) is 8.44. The van der Waals surface area contributed by atoms with E-state index in [0.717, 1.165) is 0 Å². The van der Waals surface area contributed by atoms with Crippen LogP contribution in [0.3, 0.4) is 0 Å². The molecule has 0 aromatic carbocycles. The van der Waals surface area contributed by atoms with E-state index in [1.807, 2.05) is 13.0 Å². The van der Waals surface area contributed by atoms with Crippen molar-refractivity contribution in [1.82, 2.24) is 0 Å². The summed E-state index contributed by atoms with van der Waals surface area (Å²) in [5.41, 5.74) is -0.982. The number of rotatable bonds is 5. The van der Waals surface area contributed by atoms with Crippen molar-refractivity contribution in [3.63, 3.8) is 0 Å². The van der Waals surface area contributed by atoms with Gasteiger partial charge in [-0.25, -0.2) is 0 Å². The van der Waals surface area contributed by atoms with E-state index in [1.54, 1.807) is 6.92 Å². The first-order chi connectivity index (χ1) is 5.64. The van der Waals surface area contributed by atoms with Crippen molar-refractivity contribution in [2.45, 2.75) is 26.7 Å². The van der Waals surface area contributed by atoms with Gasteiger partial charge in [0.1, 0.15) is 12.6 Å². The third-order valence-electron chi connectivity index (χ3n) is 2.22. The number of nitrogens with zero attached hydrogens (tertiary/aromatic N) is 1. The summed E-state index contributed by atoms with van der Waals surface area (Å²) in [4.78, 5) is 21.2. The van der Waals surface area contributed by atoms with Gasteiger partial charge in [-0.05, 0) is 12.8 Å². The molecule has 0 aliphatic rings. The molecule has 0 aromatic rings. The first-order valence-electron chi connectivity index (χ1n) is 3.94. The minimum absolute atomic E-state index is 0.155. The fourth-order valence-corrected chi connectivity index (χ4v) is 1.13. The third kappa shape index (κ3) is 2.16. The van der Waals surface area contributed by atoms with Gasteiger partial charge in [0.2, 0.25) is 0 Å². The first-order valence-corrected chi connectivity index (χ1v) is 3.94. The topological polar surface area (TPSA) is 57.9 Å². The molecule has 0 N–H and O–H groups in total. The minimum atomic E-state index is -0.982. The molecule has 12 heavy (non-hydrogen) atoms. The molecule has 0 aliphatic carbocycles. The number of nitriles is 1. The number of hydrogen-bond acceptors (Lipinski definition) is 3. The maximum absolute atomic E-state index is 10.6. The Morgan fingerprint density at radius 2 is 2.00 bits per heavy atom. The standard InChI is InChI=1S/C9H13NO2/c1-3-8(4-5-10)9(2,6-11)7-12/h6-8H,3-4H2,1-2H3. The first kappa shape index (κ1) is 10.8. The Kier molecular flexibility index (Phi) is 4.20. The molecule has 0 rings (SSSR count). The van der Waals surface area contributed by atoms with Crippen molar-refractivity contribution in [3.8, 4) is 6.07 Å². The molecule has 1 unspecified atom stereocenters. The van der Waals surface area contributed by atoms with Crippen molar-refractivity contribution >= 4 is 12.6 Å². The van der Waals surface area contributed by atoms with Crippen LogP contribution < -0.4 is 0 Å². The van der Waals surface area contributed by atoms with Crippen LogP contribution in [-0.2, 0) is 9.59 Å². The van der Waals surface area contributed by atoms with E-state index < -0.39 is 5.41 Å². The van der Waals surface area contributed by atoms with Crippen LogP contribution in [0.1, 0.15) is 26.7 Å². The van der Waals surface area contributed by atoms with Gasteiger partial charge in [0.25, 0.3) is 0 Å². The second-order valence-electron chi connectivity index (χ2n) is 3.07. The van der Waals surface area contributed by atoms with Gasteiger partial charge < -0.3 is 9.59 Å². The number of hydrogen-bond donors (Lipinski definition) is 0. The van der Waals surface area contributed by atoms with E-state index >= 15 is 0 Å². The van der Waals surface area contributed by atoms with Gasteiger partial charge >= 0.3 is 0 Å². The van der Waals surface area contributed by atoms with Crippen LogP contribution in [0.15, 0.2) is 0 Å². The average Bonchev–Trinajstić information content (AvgIpc) is 2.13. The van der Waals surface area contributed by atoms with Gasteiger partial charge in [-0.15, -0.1) is 0 Å². The summed E-state index contributed by atoms with van der Waals surface area (Å²) in [7, 11) is 0. The summed E-state index contributed by atoms with van der Waals surface area (Å²) in [6.45, 7) is 3.44. The van der Waals surface area contributed by atoms with Crippen LogP contribution in [-0.4, -0.2) is 12.6 Å². The highest BCUT2D eigenvalue weighted by atomic mass is 16.1. The highest BCUT2D eigenvalue weighted by Gasteiger charge is 2.32. The molecule has 0 aromatic heterocycles. The summed E-state index contributed by atoms with van der Waals surface area (Å²) in [5.74, 6) is -0.155. The van der Waals surface area contributed by atoms with Crippen LogP contribution in [0.4, 0.5) is 0 Å². The Morgan fingerprint density at radius 1 is 1.50 bits per heavy atom. The van der Waals surface area contributed by atoms with Gasteiger partial charge in [0, 0.05) is 6.42 Å². The Morgan fingerprint density at radius 3 is 2.25 bits per heavy atom. The number of carbonyl (C=O) groups is 2. The molecule has 0 aliphatic heterocycles. The molecule has 1 atom stereocenters. The van der Waals surface area contributed by atoms with Gasteiger partial charge in [-0.1, -0.05) is 13.3 Å². The molecule has 3 heteroatoms. The van der Waals surface area contributed by atoms with Gasteiger partial charge in [-0.2, -0.15) is 5.26 Å². The quantitative estimate of drug-likeness (QED) is 0.458. The second kappa shape index (κ2) is 4.66. The maximum atomic E-state index is 10.6. The minimum Gasteiger partial charge on any atom is -0.302 e. The van der Waals surface area contributed by atoms with Crippen molar-refractivity contribution in [2.24, 2.45) is 11.3 Å². The van der Waals surface area contributed by atoms with Gasteiger partial charge in [0.05, 0.1) is 11.5 Å². The normalized spacial score (nSPS) is 13.1. The summed E-state index contributed by atoms with van der Waals surface area (Å²) in [6.07, 6.45) is 2.18. The molecule has 3 nitrogen and oxygen atoms in total. The third-order valence-corrected chi connectivity index (χ3v) is 2.22. The lowest BCUT2D eigenvalue weighted by atomic mass is 9.76. The SMILES string of the molecule is CCC(CC#N)C(C)(C=O)C=O. The van der Waals surface area contributed by atoms with Crippen LogP contribution in [0, 0.1) is 22.7 Å². The van der Waals surface area contributed by atoms with E-state index in [-0.39, 0.29) is 12.3 Å². The molecule has 0 spiro atoms. The molecule has 0 bridgehead atoms. The summed E-state index contributed by atoms with van der Waals surface area (Å²) < 4.78 is 0. The van der Waals surface area contributed by atoms with Crippen LogP contribution >= 0.6 is 0 Å². The van der Waals surface area contributed by atoms with E-state index in [4.69, 9.17) is 5.26 Å². The van der Waals surface area contributed by atoms with Crippen molar-refractivity contribution in [1.29, 1.82) is 5.26 Å². The van der Waals surface area contributed by atoms with E-state index in [2.05, 4.69) is 0 Å². The second-order valence-corrected chi connectivity index (χ2v) is 3.07. The van der Waals surface area contributed by atoms with Crippen LogP contribution in [0.2, 0.25) is 0 Å². The van der Waals surface area contributed by atoms with E-state index in [0.29, 0.717) is 19.0 Å². The zero-order valence-corrected chi connectivity index (χ0v) is 7.41. The van der Waals surface area contributed by atoms with Gasteiger partial charge in [0.15, 0.2) is 0 Å². The number of carbonyl (C=O) groups excluding carboxylic acids is 2. The molecule has 0 heterocycles. The Labute approximate surface area is 72.4 Å². The molecule has 0 amide bonds. The predicted molar refractivity (Wildman–Crippen MR) is 44.2 cm³/mol. The average molecular weight is 167 g/mol. The highest BCUT2D eigenvalue weighted by molar-refractivity contribution is 5.83. The van der Waals surface area contributed by atoms with Crippen LogP contribution in [0.5, 0.6) is 0 Å². The smallest absolute Gasteiger partial charge is 0.133 e. The fourth-order valence-electron chi connectivity index (χ4n) is 1.13. The maximum Gasteiger partial charge on any atom is 0.133 e. The zero-order valence-electron chi connectivity index (χ0n) is 7.41. The summed E-state index contributed by atoms with van der Waals surface area (Å²) >= 11 is 0. The summed E-state index contributed by atoms with van der Waals surface area (Å²) in [6, 6.07) is 1.98. The Hall–Kier alpha value is -1.17. The van der Waals surface area contributed by atoms with E-state index in [1.165, 1.54) is 0 Å². The molecule has 0 fully saturated rings. The lowest BCUT2D eigenvalue weighted by Crippen LogP contribution is -2.30. The predicted octanol–water partition coefficient (Wildman–Crippen LogP) is 1.33. The Bertz CT molecular complexity index is 197. The van der Waals surface area contributed by atoms with Crippen molar-refractivity contribution < 1.29 is 9.59 Å².